The molecule has 2 heterocycles. The molecular weight excluding hydrogens is 413 g/mol. The molecule has 0 radical (unpaired) electrons. The van der Waals surface area contributed by atoms with Crippen LogP contribution in [0, 0.1) is 0 Å². The number of epoxide rings is 1. The number of thioether (sulfide) groups is 1. The monoisotopic (exact) mass is 425 g/mol. The topological polar surface area (TPSA) is 43.2 Å². The van der Waals surface area contributed by atoms with Crippen LogP contribution in [0.2, 0.25) is 15.1 Å². The summed E-state index contributed by atoms with van der Waals surface area (Å²) in [4.78, 5) is 4.28. The van der Waals surface area contributed by atoms with Gasteiger partial charge in [-0.05, 0) is 17.9 Å². The molecule has 1 fully saturated rings. The zero-order valence-electron chi connectivity index (χ0n) is 13.7. The SMILES string of the molecule is CSc1ncnn1CC1(c2ccccc2)OC1c1ccc(Cl)c(Cl)c1Cl. The lowest BCUT2D eigenvalue weighted by molar-refractivity contribution is 0.256. The maximum atomic E-state index is 6.45. The van der Waals surface area contributed by atoms with Gasteiger partial charge in [0.15, 0.2) is 5.16 Å². The molecule has 1 aliphatic rings. The van der Waals surface area contributed by atoms with Crippen LogP contribution >= 0.6 is 46.6 Å². The maximum Gasteiger partial charge on any atom is 0.185 e. The van der Waals surface area contributed by atoms with Gasteiger partial charge in [-0.15, -0.1) is 0 Å². The summed E-state index contributed by atoms with van der Waals surface area (Å²) < 4.78 is 8.09. The number of rotatable bonds is 5. The maximum absolute atomic E-state index is 6.45. The Labute approximate surface area is 170 Å². The lowest BCUT2D eigenvalue weighted by Crippen LogP contribution is -2.20. The first-order valence-electron chi connectivity index (χ1n) is 7.85. The molecule has 0 aliphatic carbocycles. The third kappa shape index (κ3) is 3.02. The smallest absolute Gasteiger partial charge is 0.185 e. The highest BCUT2D eigenvalue weighted by atomic mass is 35.5. The molecule has 2 aromatic carbocycles. The molecule has 0 saturated carbocycles. The van der Waals surface area contributed by atoms with Gasteiger partial charge in [0.1, 0.15) is 18.0 Å². The first-order chi connectivity index (χ1) is 12.6. The molecule has 4 rings (SSSR count). The summed E-state index contributed by atoms with van der Waals surface area (Å²) in [6.45, 7) is 0.522. The number of nitrogens with zero attached hydrogens (tertiary/aromatic N) is 3. The highest BCUT2D eigenvalue weighted by Crippen LogP contribution is 2.60. The highest BCUT2D eigenvalue weighted by Gasteiger charge is 2.60. The van der Waals surface area contributed by atoms with Crippen molar-refractivity contribution in [3.8, 4) is 0 Å². The van der Waals surface area contributed by atoms with Crippen molar-refractivity contribution in [3.05, 3.63) is 75.0 Å². The Hall–Kier alpha value is -1.24. The summed E-state index contributed by atoms with van der Waals surface area (Å²) in [5.41, 5.74) is 1.28. The number of aromatic nitrogens is 3. The quantitative estimate of drug-likeness (QED) is 0.301. The van der Waals surface area contributed by atoms with Gasteiger partial charge in [0, 0.05) is 5.56 Å². The summed E-state index contributed by atoms with van der Waals surface area (Å²) in [6, 6.07) is 13.6. The summed E-state index contributed by atoms with van der Waals surface area (Å²) in [6.07, 6.45) is 3.27. The van der Waals surface area contributed by atoms with E-state index in [0.717, 1.165) is 16.3 Å². The number of hydrogen-bond donors (Lipinski definition) is 0. The van der Waals surface area contributed by atoms with Gasteiger partial charge in [-0.2, -0.15) is 5.10 Å². The van der Waals surface area contributed by atoms with Crippen LogP contribution in [-0.2, 0) is 16.9 Å². The first-order valence-corrected chi connectivity index (χ1v) is 10.2. The lowest BCUT2D eigenvalue weighted by atomic mass is 9.91. The van der Waals surface area contributed by atoms with E-state index in [1.807, 2.05) is 47.3 Å². The highest BCUT2D eigenvalue weighted by molar-refractivity contribution is 7.98. The van der Waals surface area contributed by atoms with E-state index in [1.165, 1.54) is 11.8 Å². The molecule has 0 N–H and O–H groups in total. The van der Waals surface area contributed by atoms with Crippen molar-refractivity contribution in [1.29, 1.82) is 0 Å². The van der Waals surface area contributed by atoms with Crippen molar-refractivity contribution in [2.75, 3.05) is 6.26 Å². The van der Waals surface area contributed by atoms with E-state index in [1.54, 1.807) is 12.4 Å². The third-order valence-corrected chi connectivity index (χ3v) is 6.44. The number of hydrogen-bond acceptors (Lipinski definition) is 4. The standard InChI is InChI=1S/C18H14Cl3N3OS/c1-26-17-22-10-23-24(17)9-18(11-5-3-2-4-6-11)16(25-18)12-7-8-13(19)15(21)14(12)20/h2-8,10,16H,9H2,1H3. The molecule has 1 saturated heterocycles. The van der Waals surface area contributed by atoms with Crippen molar-refractivity contribution < 1.29 is 4.74 Å². The molecule has 2 atom stereocenters. The molecule has 3 aromatic rings. The average molecular weight is 427 g/mol. The number of benzene rings is 2. The van der Waals surface area contributed by atoms with E-state index in [2.05, 4.69) is 10.1 Å². The van der Waals surface area contributed by atoms with E-state index in [0.29, 0.717) is 21.6 Å². The second kappa shape index (κ2) is 7.06. The predicted molar refractivity (Wildman–Crippen MR) is 105 cm³/mol. The number of halogens is 3. The summed E-state index contributed by atoms with van der Waals surface area (Å²) in [5, 5.41) is 6.36. The molecule has 0 amide bonds. The Morgan fingerprint density at radius 3 is 2.62 bits per heavy atom. The van der Waals surface area contributed by atoms with E-state index in [9.17, 15) is 0 Å². The molecular formula is C18H14Cl3N3OS. The summed E-state index contributed by atoms with van der Waals surface area (Å²) in [5.74, 6) is 0. The van der Waals surface area contributed by atoms with Crippen LogP contribution in [-0.4, -0.2) is 21.0 Å². The van der Waals surface area contributed by atoms with E-state index < -0.39 is 5.60 Å². The van der Waals surface area contributed by atoms with Crippen LogP contribution in [0.5, 0.6) is 0 Å². The Morgan fingerprint density at radius 1 is 1.12 bits per heavy atom. The van der Waals surface area contributed by atoms with Crippen molar-refractivity contribution in [2.24, 2.45) is 0 Å². The van der Waals surface area contributed by atoms with Gasteiger partial charge in [-0.3, -0.25) is 0 Å². The van der Waals surface area contributed by atoms with Crippen LogP contribution < -0.4 is 0 Å². The van der Waals surface area contributed by atoms with Gasteiger partial charge >= 0.3 is 0 Å². The zero-order chi connectivity index (χ0) is 18.3. The van der Waals surface area contributed by atoms with Gasteiger partial charge in [-0.1, -0.05) is 83.0 Å². The Kier molecular flexibility index (Phi) is 4.92. The molecule has 134 valence electrons. The molecule has 26 heavy (non-hydrogen) atoms. The Balaban J connectivity index is 1.77. The van der Waals surface area contributed by atoms with Crippen LogP contribution in [0.3, 0.4) is 0 Å². The van der Waals surface area contributed by atoms with Crippen molar-refractivity contribution in [2.45, 2.75) is 23.4 Å². The van der Waals surface area contributed by atoms with E-state index >= 15 is 0 Å². The van der Waals surface area contributed by atoms with Crippen LogP contribution in [0.25, 0.3) is 0 Å². The Bertz CT molecular complexity index is 950. The largest absolute Gasteiger partial charge is 0.354 e. The average Bonchev–Trinajstić information content (AvgIpc) is 3.20. The third-order valence-electron chi connectivity index (χ3n) is 4.45. The second-order valence-electron chi connectivity index (χ2n) is 5.92. The van der Waals surface area contributed by atoms with Gasteiger partial charge in [0.25, 0.3) is 0 Å². The summed E-state index contributed by atoms with van der Waals surface area (Å²) >= 11 is 20.3. The fourth-order valence-corrected chi connectivity index (χ4v) is 4.24. The normalized spacial score (nSPS) is 21.8. The molecule has 4 nitrogen and oxygen atoms in total. The van der Waals surface area contributed by atoms with E-state index in [-0.39, 0.29) is 6.10 Å². The fraction of sp³-hybridized carbons (Fsp3) is 0.222. The zero-order valence-corrected chi connectivity index (χ0v) is 16.8. The lowest BCUT2D eigenvalue weighted by Gasteiger charge is -2.15. The minimum Gasteiger partial charge on any atom is -0.354 e. The predicted octanol–water partition coefficient (Wildman–Crippen LogP) is 5.63. The van der Waals surface area contributed by atoms with Crippen molar-refractivity contribution >= 4 is 46.6 Å². The molecule has 1 aliphatic heterocycles. The molecule has 0 spiro atoms. The van der Waals surface area contributed by atoms with Gasteiger partial charge in [-0.25, -0.2) is 9.67 Å². The van der Waals surface area contributed by atoms with Crippen LogP contribution in [0.4, 0.5) is 0 Å². The van der Waals surface area contributed by atoms with Crippen molar-refractivity contribution in [3.63, 3.8) is 0 Å². The minimum absolute atomic E-state index is 0.244. The van der Waals surface area contributed by atoms with Gasteiger partial charge in [0.2, 0.25) is 0 Å². The summed E-state index contributed by atoms with van der Waals surface area (Å²) in [7, 11) is 0. The van der Waals surface area contributed by atoms with Crippen molar-refractivity contribution in [1.82, 2.24) is 14.8 Å². The second-order valence-corrected chi connectivity index (χ2v) is 7.86. The first kappa shape index (κ1) is 18.1. The molecule has 0 bridgehead atoms. The van der Waals surface area contributed by atoms with Crippen LogP contribution in [0.1, 0.15) is 17.2 Å². The van der Waals surface area contributed by atoms with Crippen LogP contribution in [0.15, 0.2) is 53.9 Å². The van der Waals surface area contributed by atoms with Gasteiger partial charge < -0.3 is 4.74 Å². The van der Waals surface area contributed by atoms with E-state index in [4.69, 9.17) is 39.5 Å². The molecule has 1 aromatic heterocycles. The number of ether oxygens (including phenoxy) is 1. The molecule has 2 unspecified atom stereocenters. The Morgan fingerprint density at radius 2 is 1.88 bits per heavy atom. The minimum atomic E-state index is -0.583. The molecule has 8 heteroatoms. The van der Waals surface area contributed by atoms with Gasteiger partial charge in [0.05, 0.1) is 21.6 Å². The fourth-order valence-electron chi connectivity index (χ4n) is 3.13.